The van der Waals surface area contributed by atoms with E-state index in [0.29, 0.717) is 12.1 Å². The molecule has 0 aliphatic carbocycles. The second-order valence-corrected chi connectivity index (χ2v) is 2.57. The van der Waals surface area contributed by atoms with Crippen LogP contribution >= 0.6 is 0 Å². The Hall–Kier alpha value is -1.69. The number of aliphatic hydroxyl groups excluding tert-OH is 1. The van der Waals surface area contributed by atoms with Crippen LogP contribution < -0.4 is 0 Å². The van der Waals surface area contributed by atoms with Gasteiger partial charge in [0.2, 0.25) is 0 Å². The van der Waals surface area contributed by atoms with E-state index in [2.05, 4.69) is 0 Å². The fraction of sp³-hybridized carbons (Fsp3) is 0.125. The molecule has 0 aliphatic rings. The maximum absolute atomic E-state index is 12.9. The molecular formula is C8H6F2O4. The summed E-state index contributed by atoms with van der Waals surface area (Å²) in [7, 11) is 0. The molecule has 0 fully saturated rings. The molecule has 1 aromatic rings. The van der Waals surface area contributed by atoms with Crippen LogP contribution in [0.1, 0.15) is 11.7 Å². The second-order valence-electron chi connectivity index (χ2n) is 2.57. The standard InChI is InChI=1S/C8H6F2O4/c9-5-2-3(11)1-4(6(5)10)7(12)8(13)14/h1-2,7,11-12H,(H,13,14). The molecule has 0 bridgehead atoms. The summed E-state index contributed by atoms with van der Waals surface area (Å²) in [4.78, 5) is 10.3. The molecule has 1 aromatic carbocycles. The molecule has 0 aromatic heterocycles. The topological polar surface area (TPSA) is 77.8 Å². The molecule has 14 heavy (non-hydrogen) atoms. The van der Waals surface area contributed by atoms with E-state index >= 15 is 0 Å². The van der Waals surface area contributed by atoms with Gasteiger partial charge in [-0.2, -0.15) is 0 Å². The summed E-state index contributed by atoms with van der Waals surface area (Å²) in [5, 5.41) is 26.1. The van der Waals surface area contributed by atoms with Crippen LogP contribution in [0.5, 0.6) is 5.75 Å². The normalized spacial score (nSPS) is 12.5. The fourth-order valence-electron chi connectivity index (χ4n) is 0.927. The van der Waals surface area contributed by atoms with Crippen LogP contribution in [-0.2, 0) is 4.79 Å². The van der Waals surface area contributed by atoms with Gasteiger partial charge in [0.1, 0.15) is 5.75 Å². The first kappa shape index (κ1) is 10.4. The number of hydrogen-bond donors (Lipinski definition) is 3. The lowest BCUT2D eigenvalue weighted by atomic mass is 10.1. The Bertz CT molecular complexity index is 378. The molecule has 1 atom stereocenters. The molecule has 0 saturated carbocycles. The third-order valence-corrected chi connectivity index (χ3v) is 1.57. The van der Waals surface area contributed by atoms with Gasteiger partial charge in [-0.1, -0.05) is 0 Å². The second kappa shape index (κ2) is 3.59. The molecule has 0 saturated heterocycles. The highest BCUT2D eigenvalue weighted by Crippen LogP contribution is 2.24. The van der Waals surface area contributed by atoms with Gasteiger partial charge in [0, 0.05) is 11.6 Å². The van der Waals surface area contributed by atoms with Crippen molar-refractivity contribution in [2.24, 2.45) is 0 Å². The molecular weight excluding hydrogens is 198 g/mol. The molecule has 3 N–H and O–H groups in total. The van der Waals surface area contributed by atoms with Gasteiger partial charge in [-0.3, -0.25) is 0 Å². The first-order chi connectivity index (χ1) is 6.43. The van der Waals surface area contributed by atoms with Crippen molar-refractivity contribution in [3.63, 3.8) is 0 Å². The highest BCUT2D eigenvalue weighted by atomic mass is 19.2. The maximum atomic E-state index is 12.9. The van der Waals surface area contributed by atoms with Crippen LogP contribution in [-0.4, -0.2) is 21.3 Å². The Labute approximate surface area is 77.0 Å². The van der Waals surface area contributed by atoms with Crippen LogP contribution in [0.3, 0.4) is 0 Å². The van der Waals surface area contributed by atoms with Gasteiger partial charge in [-0.25, -0.2) is 13.6 Å². The molecule has 0 amide bonds. The van der Waals surface area contributed by atoms with Gasteiger partial charge in [0.05, 0.1) is 0 Å². The van der Waals surface area contributed by atoms with Crippen molar-refractivity contribution in [1.82, 2.24) is 0 Å². The van der Waals surface area contributed by atoms with E-state index in [9.17, 15) is 13.6 Å². The number of aliphatic carboxylic acids is 1. The van der Waals surface area contributed by atoms with Crippen molar-refractivity contribution in [2.75, 3.05) is 0 Å². The number of hydrogen-bond acceptors (Lipinski definition) is 3. The quantitative estimate of drug-likeness (QED) is 0.665. The third kappa shape index (κ3) is 1.80. The Balaban J connectivity index is 3.26. The van der Waals surface area contributed by atoms with Gasteiger partial charge in [0.15, 0.2) is 17.7 Å². The average Bonchev–Trinajstić information content (AvgIpc) is 2.09. The van der Waals surface area contributed by atoms with Crippen LogP contribution in [0.4, 0.5) is 8.78 Å². The van der Waals surface area contributed by atoms with Crippen molar-refractivity contribution in [2.45, 2.75) is 6.10 Å². The average molecular weight is 204 g/mol. The van der Waals surface area contributed by atoms with Crippen LogP contribution in [0.25, 0.3) is 0 Å². The van der Waals surface area contributed by atoms with Crippen LogP contribution in [0.15, 0.2) is 12.1 Å². The molecule has 1 rings (SSSR count). The highest BCUT2D eigenvalue weighted by Gasteiger charge is 2.23. The van der Waals surface area contributed by atoms with Gasteiger partial charge in [-0.15, -0.1) is 0 Å². The highest BCUT2D eigenvalue weighted by molar-refractivity contribution is 5.74. The van der Waals surface area contributed by atoms with Gasteiger partial charge >= 0.3 is 5.97 Å². The van der Waals surface area contributed by atoms with E-state index < -0.39 is 35.0 Å². The predicted octanol–water partition coefficient (Wildman–Crippen LogP) is 0.788. The van der Waals surface area contributed by atoms with Crippen molar-refractivity contribution in [3.05, 3.63) is 29.3 Å². The Morgan fingerprint density at radius 3 is 2.43 bits per heavy atom. The third-order valence-electron chi connectivity index (χ3n) is 1.57. The Morgan fingerprint density at radius 2 is 1.93 bits per heavy atom. The van der Waals surface area contributed by atoms with Crippen molar-refractivity contribution in [3.8, 4) is 5.75 Å². The lowest BCUT2D eigenvalue weighted by molar-refractivity contribution is -0.147. The summed E-state index contributed by atoms with van der Waals surface area (Å²) in [6.07, 6.45) is -2.20. The minimum absolute atomic E-state index is 0.480. The largest absolute Gasteiger partial charge is 0.508 e. The van der Waals surface area contributed by atoms with E-state index in [1.807, 2.05) is 0 Å². The number of aliphatic hydroxyl groups is 1. The summed E-state index contributed by atoms with van der Waals surface area (Å²) in [6.45, 7) is 0. The molecule has 6 heteroatoms. The zero-order valence-electron chi connectivity index (χ0n) is 6.74. The van der Waals surface area contributed by atoms with Crippen molar-refractivity contribution in [1.29, 1.82) is 0 Å². The number of rotatable bonds is 2. The summed E-state index contributed by atoms with van der Waals surface area (Å²) >= 11 is 0. The predicted molar refractivity (Wildman–Crippen MR) is 40.6 cm³/mol. The van der Waals surface area contributed by atoms with Crippen LogP contribution in [0, 0.1) is 11.6 Å². The minimum atomic E-state index is -2.20. The summed E-state index contributed by atoms with van der Waals surface area (Å²) < 4.78 is 25.5. The number of halogens is 2. The van der Waals surface area contributed by atoms with E-state index in [1.165, 1.54) is 0 Å². The molecule has 0 heterocycles. The maximum Gasteiger partial charge on any atom is 0.337 e. The first-order valence-corrected chi connectivity index (χ1v) is 3.52. The van der Waals surface area contributed by atoms with Crippen LogP contribution in [0.2, 0.25) is 0 Å². The zero-order valence-corrected chi connectivity index (χ0v) is 6.74. The number of carbonyl (C=O) groups is 1. The number of phenols is 1. The number of carboxylic acids is 1. The Kier molecular flexibility index (Phi) is 2.66. The summed E-state index contributed by atoms with van der Waals surface area (Å²) in [5.41, 5.74) is -0.810. The molecule has 4 nitrogen and oxygen atoms in total. The number of carboxylic acid groups (broad SMARTS) is 1. The lowest BCUT2D eigenvalue weighted by Crippen LogP contribution is -2.12. The van der Waals surface area contributed by atoms with E-state index in [4.69, 9.17) is 15.3 Å². The Morgan fingerprint density at radius 1 is 1.36 bits per heavy atom. The van der Waals surface area contributed by atoms with E-state index in [0.717, 1.165) is 0 Å². The smallest absolute Gasteiger partial charge is 0.337 e. The van der Waals surface area contributed by atoms with E-state index in [-0.39, 0.29) is 0 Å². The minimum Gasteiger partial charge on any atom is -0.508 e. The SMILES string of the molecule is O=C(O)C(O)c1cc(O)cc(F)c1F. The zero-order chi connectivity index (χ0) is 10.9. The number of benzene rings is 1. The van der Waals surface area contributed by atoms with E-state index in [1.54, 1.807) is 0 Å². The number of phenolic OH excluding ortho intramolecular Hbond substituents is 1. The molecule has 76 valence electrons. The summed E-state index contributed by atoms with van der Waals surface area (Å²) in [6, 6.07) is 1.13. The molecule has 0 spiro atoms. The molecule has 0 aliphatic heterocycles. The monoisotopic (exact) mass is 204 g/mol. The van der Waals surface area contributed by atoms with Gasteiger partial charge in [0.25, 0.3) is 0 Å². The van der Waals surface area contributed by atoms with Crippen molar-refractivity contribution < 1.29 is 28.9 Å². The summed E-state index contributed by atoms with van der Waals surface area (Å²) in [5.74, 6) is -5.29. The number of aromatic hydroxyl groups is 1. The molecule has 1 unspecified atom stereocenters. The fourth-order valence-corrected chi connectivity index (χ4v) is 0.927. The molecule has 0 radical (unpaired) electrons. The van der Waals surface area contributed by atoms with Gasteiger partial charge in [-0.05, 0) is 6.07 Å². The lowest BCUT2D eigenvalue weighted by Gasteiger charge is -2.07. The first-order valence-electron chi connectivity index (χ1n) is 3.52. The van der Waals surface area contributed by atoms with Gasteiger partial charge < -0.3 is 15.3 Å². The van der Waals surface area contributed by atoms with Crippen molar-refractivity contribution >= 4 is 5.97 Å².